The molecule has 0 amide bonds. The summed E-state index contributed by atoms with van der Waals surface area (Å²) in [6.07, 6.45) is 4.24. The zero-order valence-corrected chi connectivity index (χ0v) is 8.81. The van der Waals surface area contributed by atoms with E-state index < -0.39 is 0 Å². The monoisotopic (exact) mass is 206 g/mol. The van der Waals surface area contributed by atoms with E-state index in [9.17, 15) is 0 Å². The molecule has 0 spiro atoms. The lowest BCUT2D eigenvalue weighted by Crippen LogP contribution is -2.20. The largest absolute Gasteiger partial charge is 0.310 e. The minimum Gasteiger partial charge on any atom is -0.310 e. The Hall–Kier alpha value is -1.69. The van der Waals surface area contributed by atoms with Crippen molar-refractivity contribution in [2.45, 2.75) is 12.5 Å². The van der Waals surface area contributed by atoms with Gasteiger partial charge in [0.1, 0.15) is 12.2 Å². The highest BCUT2D eigenvalue weighted by atomic mass is 15.3. The van der Waals surface area contributed by atoms with Gasteiger partial charge in [0.15, 0.2) is 0 Å². The minimum absolute atomic E-state index is 0.127. The number of aromatic amines is 1. The summed E-state index contributed by atoms with van der Waals surface area (Å²) in [7, 11) is 3.81. The van der Waals surface area contributed by atoms with Crippen LogP contribution in [0.2, 0.25) is 0 Å². The van der Waals surface area contributed by atoms with Crippen molar-refractivity contribution in [3.05, 3.63) is 30.1 Å². The SMILES string of the molecule is CNC(Cc1ccn(C)n1)c1ncn[nH]1. The number of H-pyrrole nitrogens is 1. The van der Waals surface area contributed by atoms with E-state index in [1.165, 1.54) is 6.33 Å². The molecule has 0 aromatic carbocycles. The van der Waals surface area contributed by atoms with Crippen molar-refractivity contribution in [3.8, 4) is 0 Å². The Bertz CT molecular complexity index is 404. The fraction of sp³-hybridized carbons (Fsp3) is 0.444. The van der Waals surface area contributed by atoms with Crippen LogP contribution in [0.5, 0.6) is 0 Å². The van der Waals surface area contributed by atoms with Crippen LogP contribution < -0.4 is 5.32 Å². The molecule has 2 aromatic rings. The number of likely N-dealkylation sites (N-methyl/N-ethyl adjacent to an activating group) is 1. The molecule has 0 saturated heterocycles. The molecular formula is C9H14N6. The highest BCUT2D eigenvalue weighted by molar-refractivity contribution is 5.05. The second-order valence-electron chi connectivity index (χ2n) is 3.40. The third kappa shape index (κ3) is 2.21. The van der Waals surface area contributed by atoms with Crippen LogP contribution in [-0.2, 0) is 13.5 Å². The molecule has 2 N–H and O–H groups in total. The lowest BCUT2D eigenvalue weighted by atomic mass is 10.1. The summed E-state index contributed by atoms with van der Waals surface area (Å²) in [6.45, 7) is 0. The summed E-state index contributed by atoms with van der Waals surface area (Å²) < 4.78 is 1.79. The van der Waals surface area contributed by atoms with Gasteiger partial charge in [-0.3, -0.25) is 9.78 Å². The average molecular weight is 206 g/mol. The second kappa shape index (κ2) is 4.22. The fourth-order valence-corrected chi connectivity index (χ4v) is 1.50. The molecule has 2 aromatic heterocycles. The molecule has 0 aliphatic rings. The summed E-state index contributed by atoms with van der Waals surface area (Å²) in [5.41, 5.74) is 1.04. The lowest BCUT2D eigenvalue weighted by Gasteiger charge is -2.10. The Balaban J connectivity index is 2.09. The maximum atomic E-state index is 4.32. The molecule has 0 fully saturated rings. The van der Waals surface area contributed by atoms with Crippen LogP contribution in [0.1, 0.15) is 17.6 Å². The van der Waals surface area contributed by atoms with Gasteiger partial charge in [0.2, 0.25) is 0 Å². The molecule has 0 bridgehead atoms. The number of aryl methyl sites for hydroxylation is 1. The molecular weight excluding hydrogens is 192 g/mol. The van der Waals surface area contributed by atoms with Gasteiger partial charge in [-0.15, -0.1) is 0 Å². The van der Waals surface area contributed by atoms with Crippen molar-refractivity contribution >= 4 is 0 Å². The van der Waals surface area contributed by atoms with E-state index in [0.29, 0.717) is 0 Å². The molecule has 6 heteroatoms. The van der Waals surface area contributed by atoms with Crippen molar-refractivity contribution in [2.24, 2.45) is 7.05 Å². The van der Waals surface area contributed by atoms with Gasteiger partial charge in [-0.05, 0) is 13.1 Å². The van der Waals surface area contributed by atoms with Crippen LogP contribution in [0.3, 0.4) is 0 Å². The van der Waals surface area contributed by atoms with E-state index in [4.69, 9.17) is 0 Å². The van der Waals surface area contributed by atoms with E-state index in [0.717, 1.165) is 17.9 Å². The van der Waals surface area contributed by atoms with Crippen molar-refractivity contribution in [3.63, 3.8) is 0 Å². The summed E-state index contributed by atoms with van der Waals surface area (Å²) >= 11 is 0. The van der Waals surface area contributed by atoms with Gasteiger partial charge in [0, 0.05) is 19.7 Å². The first kappa shape index (κ1) is 9.85. The van der Waals surface area contributed by atoms with E-state index in [2.05, 4.69) is 25.6 Å². The number of nitrogens with zero attached hydrogens (tertiary/aromatic N) is 4. The normalized spacial score (nSPS) is 12.9. The van der Waals surface area contributed by atoms with Crippen molar-refractivity contribution in [1.29, 1.82) is 0 Å². The number of hydrogen-bond acceptors (Lipinski definition) is 4. The Kier molecular flexibility index (Phi) is 2.77. The van der Waals surface area contributed by atoms with Gasteiger partial charge in [-0.1, -0.05) is 0 Å². The molecule has 15 heavy (non-hydrogen) atoms. The third-order valence-corrected chi connectivity index (χ3v) is 2.29. The molecule has 2 heterocycles. The third-order valence-electron chi connectivity index (χ3n) is 2.29. The molecule has 2 rings (SSSR count). The predicted molar refractivity (Wildman–Crippen MR) is 55.1 cm³/mol. The van der Waals surface area contributed by atoms with Crippen LogP contribution in [0.15, 0.2) is 18.6 Å². The van der Waals surface area contributed by atoms with Crippen LogP contribution in [-0.4, -0.2) is 32.0 Å². The van der Waals surface area contributed by atoms with E-state index in [-0.39, 0.29) is 6.04 Å². The lowest BCUT2D eigenvalue weighted by molar-refractivity contribution is 0.548. The van der Waals surface area contributed by atoms with E-state index in [1.807, 2.05) is 26.4 Å². The van der Waals surface area contributed by atoms with E-state index in [1.54, 1.807) is 4.68 Å². The topological polar surface area (TPSA) is 71.4 Å². The predicted octanol–water partition coefficient (Wildman–Crippen LogP) is 0.0414. The molecule has 0 aliphatic heterocycles. The summed E-state index contributed by atoms with van der Waals surface area (Å²) in [5, 5.41) is 14.2. The first-order valence-corrected chi connectivity index (χ1v) is 4.80. The maximum Gasteiger partial charge on any atom is 0.141 e. The smallest absolute Gasteiger partial charge is 0.141 e. The highest BCUT2D eigenvalue weighted by Crippen LogP contribution is 2.11. The fourth-order valence-electron chi connectivity index (χ4n) is 1.50. The first-order valence-electron chi connectivity index (χ1n) is 4.80. The zero-order valence-electron chi connectivity index (χ0n) is 8.81. The minimum atomic E-state index is 0.127. The average Bonchev–Trinajstić information content (AvgIpc) is 2.85. The van der Waals surface area contributed by atoms with Gasteiger partial charge >= 0.3 is 0 Å². The number of aromatic nitrogens is 5. The summed E-state index contributed by atoms with van der Waals surface area (Å²) in [4.78, 5) is 4.13. The Morgan fingerprint density at radius 3 is 3.00 bits per heavy atom. The van der Waals surface area contributed by atoms with Gasteiger partial charge in [0.05, 0.1) is 11.7 Å². The molecule has 80 valence electrons. The van der Waals surface area contributed by atoms with Crippen molar-refractivity contribution < 1.29 is 0 Å². The molecule has 6 nitrogen and oxygen atoms in total. The van der Waals surface area contributed by atoms with Crippen molar-refractivity contribution in [1.82, 2.24) is 30.3 Å². The van der Waals surface area contributed by atoms with Gasteiger partial charge in [-0.2, -0.15) is 10.2 Å². The van der Waals surface area contributed by atoms with Crippen LogP contribution >= 0.6 is 0 Å². The van der Waals surface area contributed by atoms with Gasteiger partial charge < -0.3 is 5.32 Å². The van der Waals surface area contributed by atoms with Crippen molar-refractivity contribution in [2.75, 3.05) is 7.05 Å². The van der Waals surface area contributed by atoms with Crippen LogP contribution in [0.25, 0.3) is 0 Å². The molecule has 0 saturated carbocycles. The Morgan fingerprint density at radius 1 is 1.60 bits per heavy atom. The number of nitrogens with one attached hydrogen (secondary N) is 2. The molecule has 0 aliphatic carbocycles. The first-order chi connectivity index (χ1) is 7.29. The van der Waals surface area contributed by atoms with Crippen LogP contribution in [0.4, 0.5) is 0 Å². The second-order valence-corrected chi connectivity index (χ2v) is 3.40. The Labute approximate surface area is 87.7 Å². The highest BCUT2D eigenvalue weighted by Gasteiger charge is 2.13. The van der Waals surface area contributed by atoms with E-state index >= 15 is 0 Å². The molecule has 0 radical (unpaired) electrons. The Morgan fingerprint density at radius 2 is 2.47 bits per heavy atom. The molecule has 1 unspecified atom stereocenters. The van der Waals surface area contributed by atoms with Gasteiger partial charge in [-0.25, -0.2) is 4.98 Å². The summed E-state index contributed by atoms with van der Waals surface area (Å²) in [6, 6.07) is 2.13. The number of rotatable bonds is 4. The quantitative estimate of drug-likeness (QED) is 0.741. The standard InChI is InChI=1S/C9H14N6/c1-10-8(9-11-6-12-13-9)5-7-3-4-15(2)14-7/h3-4,6,8,10H,5H2,1-2H3,(H,11,12,13). The maximum absolute atomic E-state index is 4.32. The molecule has 1 atom stereocenters. The van der Waals surface area contributed by atoms with Crippen LogP contribution in [0, 0.1) is 0 Å². The summed E-state index contributed by atoms with van der Waals surface area (Å²) in [5.74, 6) is 0.836. The van der Waals surface area contributed by atoms with Gasteiger partial charge in [0.25, 0.3) is 0 Å². The zero-order chi connectivity index (χ0) is 10.7. The number of hydrogen-bond donors (Lipinski definition) is 2.